The van der Waals surface area contributed by atoms with Gasteiger partial charge in [0.25, 0.3) is 0 Å². The highest BCUT2D eigenvalue weighted by Crippen LogP contribution is 2.35. The lowest BCUT2D eigenvalue weighted by Gasteiger charge is -2.13. The number of rotatable bonds is 2. The Morgan fingerprint density at radius 3 is 2.03 bits per heavy atom. The minimum atomic E-state index is -0.441. The molecule has 0 unspecified atom stereocenters. The van der Waals surface area contributed by atoms with E-state index >= 15 is 0 Å². The molecule has 9 nitrogen and oxygen atoms in total. The summed E-state index contributed by atoms with van der Waals surface area (Å²) >= 11 is 0. The quantitative estimate of drug-likeness (QED) is 0.673. The molecule has 0 saturated carbocycles. The summed E-state index contributed by atoms with van der Waals surface area (Å²) in [6.07, 6.45) is 0. The third kappa shape index (κ3) is 5.43. The Hall–Kier alpha value is -3.71. The van der Waals surface area contributed by atoms with Crippen molar-refractivity contribution in [2.75, 3.05) is 52.9 Å². The van der Waals surface area contributed by atoms with Crippen molar-refractivity contribution < 1.29 is 33.6 Å². The molecule has 0 bridgehead atoms. The Kier molecular flexibility index (Phi) is 7.88. The zero-order chi connectivity index (χ0) is 23.8. The number of aliphatic imine (C=N–C) groups is 1. The maximum atomic E-state index is 12.8. The molecule has 2 aromatic carbocycles. The lowest BCUT2D eigenvalue weighted by molar-refractivity contribution is 0.00708. The van der Waals surface area contributed by atoms with Crippen LogP contribution in [0.2, 0.25) is 0 Å². The van der Waals surface area contributed by atoms with Gasteiger partial charge < -0.3 is 28.8 Å². The van der Waals surface area contributed by atoms with Gasteiger partial charge in [0.05, 0.1) is 45.3 Å². The van der Waals surface area contributed by atoms with Gasteiger partial charge >= 0.3 is 0 Å². The molecule has 0 amide bonds. The first-order valence-corrected chi connectivity index (χ1v) is 10.9. The lowest BCUT2D eigenvalue weighted by atomic mass is 10.1. The van der Waals surface area contributed by atoms with Crippen LogP contribution in [0.1, 0.15) is 15.9 Å². The second-order valence-corrected chi connectivity index (χ2v) is 7.34. The maximum absolute atomic E-state index is 12.8. The summed E-state index contributed by atoms with van der Waals surface area (Å²) in [5.41, 5.74) is 0.779. The number of Topliss-reactive ketones (excluding diaryl/α,β-unsaturated/α-hetero) is 1. The Balaban J connectivity index is 1.58. The Labute approximate surface area is 196 Å². The van der Waals surface area contributed by atoms with Gasteiger partial charge in [-0.05, 0) is 12.1 Å². The average molecular weight is 464 g/mol. The van der Waals surface area contributed by atoms with Crippen molar-refractivity contribution >= 4 is 22.9 Å². The van der Waals surface area contributed by atoms with Crippen molar-refractivity contribution in [2.24, 2.45) is 4.99 Å². The van der Waals surface area contributed by atoms with E-state index in [2.05, 4.69) is 4.99 Å². The number of hydrogen-bond donors (Lipinski definition) is 1. The molecule has 1 heterocycles. The molecule has 1 aliphatic heterocycles. The number of aliphatic hydroxyl groups is 1. The molecule has 34 heavy (non-hydrogen) atoms. The van der Waals surface area contributed by atoms with Gasteiger partial charge in [-0.1, -0.05) is 24.3 Å². The van der Waals surface area contributed by atoms with Crippen LogP contribution in [0.25, 0.3) is 5.76 Å². The molecular weight excluding hydrogens is 440 g/mol. The zero-order valence-electron chi connectivity index (χ0n) is 18.5. The number of allylic oxidation sites excluding steroid dienone is 1. The number of hydrogen-bond acceptors (Lipinski definition) is 9. The van der Waals surface area contributed by atoms with Crippen molar-refractivity contribution in [3.63, 3.8) is 0 Å². The SMILES string of the molecule is N#CC(=Nc1ccc2c(c1)OCCOCCOCCOCCO2)C1=C(O)c2ccccc2C1=O. The molecule has 0 fully saturated rings. The summed E-state index contributed by atoms with van der Waals surface area (Å²) in [6, 6.07) is 13.5. The second kappa shape index (κ2) is 11.4. The molecule has 2 aromatic rings. The molecule has 0 aromatic heterocycles. The molecule has 0 atom stereocenters. The highest BCUT2D eigenvalue weighted by Gasteiger charge is 2.32. The topological polar surface area (TPSA) is 120 Å². The molecule has 0 spiro atoms. The Morgan fingerprint density at radius 1 is 0.824 bits per heavy atom. The van der Waals surface area contributed by atoms with Crippen LogP contribution in [0, 0.1) is 11.3 Å². The third-order valence-electron chi connectivity index (χ3n) is 5.12. The van der Waals surface area contributed by atoms with E-state index in [0.717, 1.165) is 0 Å². The average Bonchev–Trinajstić information content (AvgIpc) is 3.10. The minimum absolute atomic E-state index is 0.121. The van der Waals surface area contributed by atoms with Crippen LogP contribution in [-0.2, 0) is 14.2 Å². The number of aliphatic hydroxyl groups excluding tert-OH is 1. The van der Waals surface area contributed by atoms with Crippen molar-refractivity contribution in [1.82, 2.24) is 0 Å². The summed E-state index contributed by atoms with van der Waals surface area (Å²) in [4.78, 5) is 17.1. The summed E-state index contributed by atoms with van der Waals surface area (Å²) in [5, 5.41) is 20.3. The van der Waals surface area contributed by atoms with E-state index in [1.807, 2.05) is 6.07 Å². The third-order valence-corrected chi connectivity index (χ3v) is 5.12. The monoisotopic (exact) mass is 464 g/mol. The minimum Gasteiger partial charge on any atom is -0.506 e. The van der Waals surface area contributed by atoms with Gasteiger partial charge in [-0.2, -0.15) is 5.26 Å². The smallest absolute Gasteiger partial charge is 0.200 e. The zero-order valence-corrected chi connectivity index (χ0v) is 18.5. The van der Waals surface area contributed by atoms with Crippen molar-refractivity contribution in [3.05, 3.63) is 59.2 Å². The fourth-order valence-corrected chi connectivity index (χ4v) is 3.51. The van der Waals surface area contributed by atoms with Crippen LogP contribution < -0.4 is 9.47 Å². The Bertz CT molecular complexity index is 1150. The standard InChI is InChI=1S/C25H24N2O7/c26-16-20(23-24(28)18-3-1-2-4-19(18)25(23)29)27-17-5-6-21-22(15-17)34-14-12-32-10-8-30-7-9-31-11-13-33-21/h1-6,15,28H,7-14H2. The van der Waals surface area contributed by atoms with Gasteiger partial charge in [0, 0.05) is 17.2 Å². The van der Waals surface area contributed by atoms with Gasteiger partial charge in [-0.25, -0.2) is 4.99 Å². The number of benzene rings is 2. The summed E-state index contributed by atoms with van der Waals surface area (Å²) in [6.45, 7) is 3.17. The molecule has 2 aliphatic rings. The van der Waals surface area contributed by atoms with Crippen LogP contribution >= 0.6 is 0 Å². The number of carbonyl (C=O) groups excluding carboxylic acids is 1. The summed E-state index contributed by atoms with van der Waals surface area (Å²) < 4.78 is 28.0. The Morgan fingerprint density at radius 2 is 1.41 bits per heavy atom. The number of ketones is 1. The summed E-state index contributed by atoms with van der Waals surface area (Å²) in [7, 11) is 0. The molecule has 1 N–H and O–H groups in total. The van der Waals surface area contributed by atoms with Gasteiger partial charge in [-0.15, -0.1) is 0 Å². The number of fused-ring (bicyclic) bond motifs is 2. The van der Waals surface area contributed by atoms with E-state index in [-0.39, 0.29) is 23.7 Å². The number of carbonyl (C=O) groups is 1. The molecule has 0 saturated heterocycles. The number of nitrogens with zero attached hydrogens (tertiary/aromatic N) is 2. The van der Waals surface area contributed by atoms with E-state index in [0.29, 0.717) is 74.6 Å². The predicted molar refractivity (Wildman–Crippen MR) is 123 cm³/mol. The lowest BCUT2D eigenvalue weighted by Crippen LogP contribution is -2.13. The first-order chi connectivity index (χ1) is 16.7. The van der Waals surface area contributed by atoms with Crippen molar-refractivity contribution in [3.8, 4) is 17.6 Å². The molecular formula is C25H24N2O7. The van der Waals surface area contributed by atoms with Crippen LogP contribution in [0.3, 0.4) is 0 Å². The van der Waals surface area contributed by atoms with Crippen molar-refractivity contribution in [2.45, 2.75) is 0 Å². The van der Waals surface area contributed by atoms with Crippen LogP contribution in [0.5, 0.6) is 11.5 Å². The van der Waals surface area contributed by atoms with Gasteiger partial charge in [0.2, 0.25) is 0 Å². The molecule has 0 radical (unpaired) electrons. The fraction of sp³-hybridized carbons (Fsp3) is 0.320. The molecule has 9 heteroatoms. The van der Waals surface area contributed by atoms with E-state index in [9.17, 15) is 15.2 Å². The number of ether oxygens (including phenoxy) is 5. The van der Waals surface area contributed by atoms with E-state index in [1.54, 1.807) is 42.5 Å². The highest BCUT2D eigenvalue weighted by atomic mass is 16.6. The molecule has 176 valence electrons. The van der Waals surface area contributed by atoms with E-state index < -0.39 is 5.78 Å². The molecule has 4 rings (SSSR count). The van der Waals surface area contributed by atoms with E-state index in [1.165, 1.54) is 0 Å². The maximum Gasteiger partial charge on any atom is 0.200 e. The largest absolute Gasteiger partial charge is 0.506 e. The van der Waals surface area contributed by atoms with Gasteiger partial charge in [0.1, 0.15) is 30.6 Å². The van der Waals surface area contributed by atoms with Gasteiger partial charge in [0.15, 0.2) is 23.0 Å². The normalized spacial score (nSPS) is 18.0. The van der Waals surface area contributed by atoms with Crippen LogP contribution in [0.15, 0.2) is 53.0 Å². The first-order valence-electron chi connectivity index (χ1n) is 10.9. The number of nitriles is 1. The van der Waals surface area contributed by atoms with Crippen molar-refractivity contribution in [1.29, 1.82) is 5.26 Å². The van der Waals surface area contributed by atoms with Crippen LogP contribution in [-0.4, -0.2) is 69.5 Å². The first kappa shape index (κ1) is 23.4. The van der Waals surface area contributed by atoms with E-state index in [4.69, 9.17) is 23.7 Å². The summed E-state index contributed by atoms with van der Waals surface area (Å²) in [5.74, 6) is 0.199. The highest BCUT2D eigenvalue weighted by molar-refractivity contribution is 6.39. The molecule has 1 aliphatic carbocycles. The van der Waals surface area contributed by atoms with Gasteiger partial charge in [-0.3, -0.25) is 4.79 Å². The fourth-order valence-electron chi connectivity index (χ4n) is 3.51. The van der Waals surface area contributed by atoms with Crippen LogP contribution in [0.4, 0.5) is 5.69 Å². The predicted octanol–water partition coefficient (Wildman–Crippen LogP) is 3.27. The second-order valence-electron chi connectivity index (χ2n) is 7.34.